The summed E-state index contributed by atoms with van der Waals surface area (Å²) in [5, 5.41) is 8.84. The van der Waals surface area contributed by atoms with Crippen molar-refractivity contribution in [3.8, 4) is 11.4 Å². The summed E-state index contributed by atoms with van der Waals surface area (Å²) in [6.07, 6.45) is 0.873. The zero-order valence-electron chi connectivity index (χ0n) is 15.5. The fourth-order valence-electron chi connectivity index (χ4n) is 2.59. The van der Waals surface area contributed by atoms with Crippen LogP contribution in [0.4, 0.5) is 20.2 Å². The number of amides is 2. The molecule has 150 valence electrons. The van der Waals surface area contributed by atoms with Crippen LogP contribution in [-0.2, 0) is 16.0 Å². The lowest BCUT2D eigenvalue weighted by Gasteiger charge is -2.09. The maximum Gasteiger partial charge on any atom is 0.226 e. The van der Waals surface area contributed by atoms with E-state index in [4.69, 9.17) is 4.52 Å². The van der Waals surface area contributed by atoms with Crippen LogP contribution in [0.1, 0.15) is 25.7 Å². The standard InChI is InChI=1S/C20H18F2N4O3/c1-12(27)23-15-9-10-16(22)17(11-15)24-18(28)3-2-4-19-25-20(26-29-19)13-5-7-14(21)8-6-13/h5-11H,2-4H2,1H3,(H,23,27)(H,24,28). The summed E-state index contributed by atoms with van der Waals surface area (Å²) in [6.45, 7) is 1.33. The summed E-state index contributed by atoms with van der Waals surface area (Å²) in [5.74, 6) is -0.969. The number of aromatic nitrogens is 2. The average Bonchev–Trinajstić information content (AvgIpc) is 3.13. The number of rotatable bonds is 7. The Morgan fingerprint density at radius 1 is 1.07 bits per heavy atom. The van der Waals surface area contributed by atoms with Crippen LogP contribution in [0.15, 0.2) is 47.0 Å². The van der Waals surface area contributed by atoms with Gasteiger partial charge in [-0.1, -0.05) is 5.16 Å². The minimum absolute atomic E-state index is 0.0161. The smallest absolute Gasteiger partial charge is 0.226 e. The van der Waals surface area contributed by atoms with E-state index in [2.05, 4.69) is 20.8 Å². The highest BCUT2D eigenvalue weighted by atomic mass is 19.1. The number of carbonyl (C=O) groups is 2. The molecule has 0 aliphatic rings. The van der Waals surface area contributed by atoms with Gasteiger partial charge in [0, 0.05) is 31.0 Å². The number of nitrogens with zero attached hydrogens (tertiary/aromatic N) is 2. The largest absolute Gasteiger partial charge is 0.339 e. The molecular formula is C20H18F2N4O3. The van der Waals surface area contributed by atoms with Crippen molar-refractivity contribution < 1.29 is 22.9 Å². The van der Waals surface area contributed by atoms with E-state index in [1.54, 1.807) is 12.1 Å². The van der Waals surface area contributed by atoms with Gasteiger partial charge in [-0.3, -0.25) is 9.59 Å². The number of carbonyl (C=O) groups excluding carboxylic acids is 2. The molecule has 2 amide bonds. The van der Waals surface area contributed by atoms with Crippen LogP contribution in [-0.4, -0.2) is 22.0 Å². The third-order valence-electron chi connectivity index (χ3n) is 3.93. The summed E-state index contributed by atoms with van der Waals surface area (Å²) in [7, 11) is 0. The van der Waals surface area contributed by atoms with Crippen molar-refractivity contribution in [3.05, 3.63) is 60.0 Å². The molecule has 0 spiro atoms. The fraction of sp³-hybridized carbons (Fsp3) is 0.200. The van der Waals surface area contributed by atoms with Gasteiger partial charge in [0.2, 0.25) is 23.5 Å². The Balaban J connectivity index is 1.52. The van der Waals surface area contributed by atoms with E-state index in [0.717, 1.165) is 6.07 Å². The molecule has 0 aliphatic carbocycles. The number of benzene rings is 2. The quantitative estimate of drug-likeness (QED) is 0.626. The summed E-state index contributed by atoms with van der Waals surface area (Å²) in [5.41, 5.74) is 0.986. The minimum Gasteiger partial charge on any atom is -0.339 e. The first-order valence-electron chi connectivity index (χ1n) is 8.86. The van der Waals surface area contributed by atoms with Gasteiger partial charge < -0.3 is 15.2 Å². The number of aryl methyl sites for hydroxylation is 1. The van der Waals surface area contributed by atoms with Crippen molar-refractivity contribution >= 4 is 23.2 Å². The molecule has 2 N–H and O–H groups in total. The summed E-state index contributed by atoms with van der Waals surface area (Å²) < 4.78 is 32.0. The molecule has 0 fully saturated rings. The van der Waals surface area contributed by atoms with E-state index >= 15 is 0 Å². The average molecular weight is 400 g/mol. The molecule has 0 unspecified atom stereocenters. The lowest BCUT2D eigenvalue weighted by atomic mass is 10.2. The van der Waals surface area contributed by atoms with Crippen LogP contribution in [0.2, 0.25) is 0 Å². The van der Waals surface area contributed by atoms with Crippen molar-refractivity contribution in [1.82, 2.24) is 10.1 Å². The van der Waals surface area contributed by atoms with Gasteiger partial charge in [-0.05, 0) is 48.9 Å². The first-order chi connectivity index (χ1) is 13.9. The molecule has 1 heterocycles. The van der Waals surface area contributed by atoms with Crippen LogP contribution in [0.25, 0.3) is 11.4 Å². The van der Waals surface area contributed by atoms with Crippen LogP contribution in [0.5, 0.6) is 0 Å². The summed E-state index contributed by atoms with van der Waals surface area (Å²) >= 11 is 0. The fourth-order valence-corrected chi connectivity index (χ4v) is 2.59. The predicted octanol–water partition coefficient (Wildman–Crippen LogP) is 3.93. The second kappa shape index (κ2) is 9.05. The molecule has 3 rings (SSSR count). The zero-order chi connectivity index (χ0) is 20.8. The molecule has 0 radical (unpaired) electrons. The van der Waals surface area contributed by atoms with Gasteiger partial charge >= 0.3 is 0 Å². The lowest BCUT2D eigenvalue weighted by Crippen LogP contribution is -2.13. The highest BCUT2D eigenvalue weighted by Crippen LogP contribution is 2.20. The predicted molar refractivity (Wildman–Crippen MR) is 102 cm³/mol. The highest BCUT2D eigenvalue weighted by molar-refractivity contribution is 5.93. The van der Waals surface area contributed by atoms with Crippen molar-refractivity contribution in [2.24, 2.45) is 0 Å². The van der Waals surface area contributed by atoms with Gasteiger partial charge in [-0.15, -0.1) is 0 Å². The van der Waals surface area contributed by atoms with Crippen LogP contribution in [0.3, 0.4) is 0 Å². The third-order valence-corrected chi connectivity index (χ3v) is 3.93. The molecule has 0 atom stereocenters. The monoisotopic (exact) mass is 400 g/mol. The number of hydrogen-bond acceptors (Lipinski definition) is 5. The Kier molecular flexibility index (Phi) is 6.28. The topological polar surface area (TPSA) is 97.1 Å². The number of halogens is 2. The SMILES string of the molecule is CC(=O)Nc1ccc(F)c(NC(=O)CCCc2nc(-c3ccc(F)cc3)no2)c1. The zero-order valence-corrected chi connectivity index (χ0v) is 15.5. The molecule has 2 aromatic carbocycles. The number of nitrogens with one attached hydrogen (secondary N) is 2. The van der Waals surface area contributed by atoms with Gasteiger partial charge in [0.05, 0.1) is 5.69 Å². The van der Waals surface area contributed by atoms with Crippen LogP contribution < -0.4 is 10.6 Å². The molecule has 0 saturated heterocycles. The molecule has 0 saturated carbocycles. The molecule has 1 aromatic heterocycles. The van der Waals surface area contributed by atoms with Crippen molar-refractivity contribution in [2.45, 2.75) is 26.2 Å². The molecule has 0 aliphatic heterocycles. The Morgan fingerprint density at radius 2 is 1.83 bits per heavy atom. The Morgan fingerprint density at radius 3 is 2.55 bits per heavy atom. The van der Waals surface area contributed by atoms with Gasteiger partial charge in [0.1, 0.15) is 11.6 Å². The Bertz CT molecular complexity index is 1020. The van der Waals surface area contributed by atoms with E-state index in [1.807, 2.05) is 0 Å². The first-order valence-corrected chi connectivity index (χ1v) is 8.86. The molecule has 0 bridgehead atoms. The molecule has 3 aromatic rings. The minimum atomic E-state index is -0.603. The highest BCUT2D eigenvalue weighted by Gasteiger charge is 2.12. The summed E-state index contributed by atoms with van der Waals surface area (Å²) in [4.78, 5) is 27.4. The normalized spacial score (nSPS) is 10.6. The van der Waals surface area contributed by atoms with Crippen molar-refractivity contribution in [2.75, 3.05) is 10.6 Å². The van der Waals surface area contributed by atoms with Crippen LogP contribution >= 0.6 is 0 Å². The first kappa shape index (κ1) is 20.1. The van der Waals surface area contributed by atoms with Gasteiger partial charge in [-0.25, -0.2) is 8.78 Å². The lowest BCUT2D eigenvalue weighted by molar-refractivity contribution is -0.116. The second-order valence-corrected chi connectivity index (χ2v) is 6.30. The Labute approximate surface area is 165 Å². The van der Waals surface area contributed by atoms with Crippen LogP contribution in [0, 0.1) is 11.6 Å². The van der Waals surface area contributed by atoms with E-state index in [9.17, 15) is 18.4 Å². The number of hydrogen-bond donors (Lipinski definition) is 2. The molecule has 9 heteroatoms. The van der Waals surface area contributed by atoms with E-state index in [0.29, 0.717) is 35.8 Å². The maximum atomic E-state index is 13.9. The molecule has 7 nitrogen and oxygen atoms in total. The van der Waals surface area contributed by atoms with Crippen molar-refractivity contribution in [1.29, 1.82) is 0 Å². The third kappa shape index (κ3) is 5.68. The van der Waals surface area contributed by atoms with E-state index in [1.165, 1.54) is 31.2 Å². The van der Waals surface area contributed by atoms with Gasteiger partial charge in [0.25, 0.3) is 0 Å². The Hall–Kier alpha value is -3.62. The second-order valence-electron chi connectivity index (χ2n) is 6.30. The van der Waals surface area contributed by atoms with Gasteiger partial charge in [0.15, 0.2) is 0 Å². The van der Waals surface area contributed by atoms with Crippen molar-refractivity contribution in [3.63, 3.8) is 0 Å². The maximum absolute atomic E-state index is 13.9. The van der Waals surface area contributed by atoms with E-state index < -0.39 is 5.82 Å². The molecular weight excluding hydrogens is 382 g/mol. The van der Waals surface area contributed by atoms with E-state index in [-0.39, 0.29) is 29.7 Å². The summed E-state index contributed by atoms with van der Waals surface area (Å²) in [6, 6.07) is 9.60. The van der Waals surface area contributed by atoms with Gasteiger partial charge in [-0.2, -0.15) is 4.98 Å². The molecule has 29 heavy (non-hydrogen) atoms. The number of anilines is 2.